The highest BCUT2D eigenvalue weighted by atomic mass is 35.5. The van der Waals surface area contributed by atoms with Crippen LogP contribution in [0, 0.1) is 0 Å². The molecule has 0 bridgehead atoms. The topological polar surface area (TPSA) is 9.23 Å². The van der Waals surface area contributed by atoms with E-state index in [0.717, 1.165) is 11.3 Å². The summed E-state index contributed by atoms with van der Waals surface area (Å²) >= 11 is 13.8. The van der Waals surface area contributed by atoms with Crippen molar-refractivity contribution in [2.45, 2.75) is 12.5 Å². The monoisotopic (exact) mass is 322 g/mol. The summed E-state index contributed by atoms with van der Waals surface area (Å²) < 4.78 is 7.17. The Hall–Kier alpha value is -1.22. The van der Waals surface area contributed by atoms with Gasteiger partial charge in [-0.25, -0.2) is 0 Å². The minimum Gasteiger partial charge on any atom is -0.488 e. The molecule has 0 aliphatic carbocycles. The molecule has 1 heterocycles. The van der Waals surface area contributed by atoms with Gasteiger partial charge in [0.15, 0.2) is 0 Å². The molecule has 0 N–H and O–H groups in total. The van der Waals surface area contributed by atoms with Gasteiger partial charge in [0, 0.05) is 20.8 Å². The first kappa shape index (κ1) is 13.7. The third-order valence-electron chi connectivity index (χ3n) is 3.15. The molecule has 0 aliphatic rings. The van der Waals surface area contributed by atoms with Gasteiger partial charge in [0.05, 0.1) is 5.88 Å². The molecule has 3 aromatic rings. The summed E-state index contributed by atoms with van der Waals surface area (Å²) in [5, 5.41) is 4.02. The minimum absolute atomic E-state index is 0.347. The Bertz CT molecular complexity index is 736. The lowest BCUT2D eigenvalue weighted by Crippen LogP contribution is -1.97. The lowest BCUT2D eigenvalue weighted by molar-refractivity contribution is 0.305. The molecule has 0 radical (unpaired) electrons. The fourth-order valence-corrected chi connectivity index (χ4v) is 3.63. The Labute approximate surface area is 131 Å². The van der Waals surface area contributed by atoms with Gasteiger partial charge < -0.3 is 4.74 Å². The van der Waals surface area contributed by atoms with E-state index in [2.05, 4.69) is 17.5 Å². The van der Waals surface area contributed by atoms with E-state index in [1.54, 1.807) is 11.3 Å². The highest BCUT2D eigenvalue weighted by Gasteiger charge is 2.09. The first-order valence-corrected chi connectivity index (χ1v) is 8.00. The number of ether oxygens (including phenoxy) is 1. The van der Waals surface area contributed by atoms with Crippen LogP contribution in [-0.2, 0) is 12.5 Å². The second kappa shape index (κ2) is 6.04. The van der Waals surface area contributed by atoms with Crippen molar-refractivity contribution in [3.63, 3.8) is 0 Å². The van der Waals surface area contributed by atoms with Crippen molar-refractivity contribution < 1.29 is 4.74 Å². The largest absolute Gasteiger partial charge is 0.488 e. The fourth-order valence-electron chi connectivity index (χ4n) is 2.10. The maximum absolute atomic E-state index is 6.12. The van der Waals surface area contributed by atoms with Gasteiger partial charge >= 0.3 is 0 Å². The third-order valence-corrected chi connectivity index (χ3v) is 4.79. The SMILES string of the molecule is ClCc1c(Cl)cccc1OCc1csc2ccccc12. The third kappa shape index (κ3) is 2.64. The summed E-state index contributed by atoms with van der Waals surface area (Å²) in [5.41, 5.74) is 2.03. The number of alkyl halides is 1. The van der Waals surface area contributed by atoms with E-state index < -0.39 is 0 Å². The zero-order valence-corrected chi connectivity index (χ0v) is 12.9. The van der Waals surface area contributed by atoms with E-state index in [4.69, 9.17) is 27.9 Å². The van der Waals surface area contributed by atoms with Gasteiger partial charge in [0.2, 0.25) is 0 Å². The Morgan fingerprint density at radius 2 is 1.90 bits per heavy atom. The van der Waals surface area contributed by atoms with Crippen molar-refractivity contribution in [3.05, 3.63) is 64.0 Å². The number of fused-ring (bicyclic) bond motifs is 1. The van der Waals surface area contributed by atoms with Gasteiger partial charge in [-0.15, -0.1) is 22.9 Å². The van der Waals surface area contributed by atoms with Crippen LogP contribution < -0.4 is 4.74 Å². The number of halogens is 2. The van der Waals surface area contributed by atoms with Crippen LogP contribution in [0.15, 0.2) is 47.8 Å². The molecule has 0 aliphatic heterocycles. The first-order valence-electron chi connectivity index (χ1n) is 6.21. The number of thiophene rings is 1. The molecule has 102 valence electrons. The minimum atomic E-state index is 0.347. The van der Waals surface area contributed by atoms with Crippen molar-refractivity contribution in [2.24, 2.45) is 0 Å². The number of hydrogen-bond donors (Lipinski definition) is 0. The number of rotatable bonds is 4. The summed E-state index contributed by atoms with van der Waals surface area (Å²) in [6.07, 6.45) is 0. The molecule has 0 atom stereocenters. The molecular weight excluding hydrogens is 311 g/mol. The maximum Gasteiger partial charge on any atom is 0.125 e. The molecule has 2 aromatic carbocycles. The second-order valence-corrected chi connectivity index (χ2v) is 5.98. The van der Waals surface area contributed by atoms with Gasteiger partial charge in [0.25, 0.3) is 0 Å². The normalized spacial score (nSPS) is 10.9. The molecule has 0 saturated carbocycles. The van der Waals surface area contributed by atoms with Crippen LogP contribution in [0.4, 0.5) is 0 Å². The van der Waals surface area contributed by atoms with E-state index in [9.17, 15) is 0 Å². The molecule has 0 amide bonds. The van der Waals surface area contributed by atoms with Crippen molar-refractivity contribution in [3.8, 4) is 5.75 Å². The highest BCUT2D eigenvalue weighted by molar-refractivity contribution is 7.17. The van der Waals surface area contributed by atoms with Gasteiger partial charge in [0.1, 0.15) is 12.4 Å². The lowest BCUT2D eigenvalue weighted by atomic mass is 10.2. The van der Waals surface area contributed by atoms with E-state index in [1.165, 1.54) is 15.6 Å². The molecule has 4 heteroatoms. The van der Waals surface area contributed by atoms with Crippen LogP contribution in [-0.4, -0.2) is 0 Å². The van der Waals surface area contributed by atoms with E-state index in [-0.39, 0.29) is 0 Å². The smallest absolute Gasteiger partial charge is 0.125 e. The molecule has 0 saturated heterocycles. The highest BCUT2D eigenvalue weighted by Crippen LogP contribution is 2.30. The fraction of sp³-hybridized carbons (Fsp3) is 0.125. The quantitative estimate of drug-likeness (QED) is 0.545. The van der Waals surface area contributed by atoms with Crippen LogP contribution in [0.1, 0.15) is 11.1 Å². The summed E-state index contributed by atoms with van der Waals surface area (Å²) in [6.45, 7) is 0.522. The zero-order valence-electron chi connectivity index (χ0n) is 10.6. The molecule has 0 fully saturated rings. The second-order valence-electron chi connectivity index (χ2n) is 4.40. The Morgan fingerprint density at radius 3 is 2.75 bits per heavy atom. The zero-order chi connectivity index (χ0) is 13.9. The molecule has 1 aromatic heterocycles. The molecule has 20 heavy (non-hydrogen) atoms. The number of benzene rings is 2. The van der Waals surface area contributed by atoms with E-state index >= 15 is 0 Å². The number of hydrogen-bond acceptors (Lipinski definition) is 2. The average molecular weight is 323 g/mol. The van der Waals surface area contributed by atoms with Crippen molar-refractivity contribution >= 4 is 44.6 Å². The first-order chi connectivity index (χ1) is 9.79. The van der Waals surface area contributed by atoms with Crippen molar-refractivity contribution in [1.29, 1.82) is 0 Å². The van der Waals surface area contributed by atoms with Crippen LogP contribution >= 0.6 is 34.5 Å². The van der Waals surface area contributed by atoms with E-state index in [0.29, 0.717) is 17.5 Å². The Balaban J connectivity index is 1.85. The van der Waals surface area contributed by atoms with Gasteiger partial charge in [-0.1, -0.05) is 35.9 Å². The summed E-state index contributed by atoms with van der Waals surface area (Å²) in [5.74, 6) is 1.10. The predicted octanol–water partition coefficient (Wildman–Crippen LogP) is 5.87. The predicted molar refractivity (Wildman–Crippen MR) is 87.2 cm³/mol. The average Bonchev–Trinajstić information content (AvgIpc) is 2.88. The summed E-state index contributed by atoms with van der Waals surface area (Å²) in [6, 6.07) is 13.9. The van der Waals surface area contributed by atoms with Gasteiger partial charge in [-0.05, 0) is 29.0 Å². The maximum atomic E-state index is 6.12. The molecule has 0 unspecified atom stereocenters. The summed E-state index contributed by atoms with van der Waals surface area (Å²) in [4.78, 5) is 0. The van der Waals surface area contributed by atoms with Crippen LogP contribution in [0.3, 0.4) is 0 Å². The van der Waals surface area contributed by atoms with Gasteiger partial charge in [-0.3, -0.25) is 0 Å². The Kier molecular flexibility index (Phi) is 4.16. The molecule has 1 nitrogen and oxygen atoms in total. The summed E-state index contributed by atoms with van der Waals surface area (Å²) in [7, 11) is 0. The molecule has 0 spiro atoms. The van der Waals surface area contributed by atoms with Gasteiger partial charge in [-0.2, -0.15) is 0 Å². The molecular formula is C16H12Cl2OS. The van der Waals surface area contributed by atoms with Crippen molar-refractivity contribution in [1.82, 2.24) is 0 Å². The lowest BCUT2D eigenvalue weighted by Gasteiger charge is -2.10. The van der Waals surface area contributed by atoms with Crippen LogP contribution in [0.25, 0.3) is 10.1 Å². The van der Waals surface area contributed by atoms with Crippen LogP contribution in [0.5, 0.6) is 5.75 Å². The van der Waals surface area contributed by atoms with Crippen LogP contribution in [0.2, 0.25) is 5.02 Å². The standard InChI is InChI=1S/C16H12Cl2OS/c17-8-13-14(18)5-3-6-15(13)19-9-11-10-20-16-7-2-1-4-12(11)16/h1-7,10H,8-9H2. The molecule has 3 rings (SSSR count). The Morgan fingerprint density at radius 1 is 1.05 bits per heavy atom. The van der Waals surface area contributed by atoms with E-state index in [1.807, 2.05) is 30.3 Å². The van der Waals surface area contributed by atoms with Crippen molar-refractivity contribution in [2.75, 3.05) is 0 Å².